The average molecular weight is 1640 g/mol. The van der Waals surface area contributed by atoms with Gasteiger partial charge in [0.1, 0.15) is 17.0 Å². The monoisotopic (exact) mass is 1640 g/mol. The number of amides is 5. The van der Waals surface area contributed by atoms with E-state index in [1.807, 2.05) is 112 Å². The molecule has 4 aliphatic heterocycles. The fourth-order valence-corrected chi connectivity index (χ4v) is 19.8. The van der Waals surface area contributed by atoms with Crippen molar-refractivity contribution in [1.29, 1.82) is 0 Å². The summed E-state index contributed by atoms with van der Waals surface area (Å²) in [6.45, 7) is 21.6. The summed E-state index contributed by atoms with van der Waals surface area (Å²) in [5.41, 5.74) is 2.63. The molecule has 5 aliphatic rings. The van der Waals surface area contributed by atoms with Crippen molar-refractivity contribution in [3.05, 3.63) is 160 Å². The molecule has 6 aromatic rings. The van der Waals surface area contributed by atoms with Gasteiger partial charge in [0.15, 0.2) is 0 Å². The van der Waals surface area contributed by atoms with Crippen LogP contribution in [0.4, 0.5) is 24.5 Å². The number of sulfone groups is 1. The molecule has 6 atom stereocenters. The molecular weight excluding hydrogens is 1530 g/mol. The Hall–Kier alpha value is -7.41. The lowest BCUT2D eigenvalue weighted by Gasteiger charge is -2.44. The van der Waals surface area contributed by atoms with Gasteiger partial charge in [-0.1, -0.05) is 112 Å². The number of ether oxygens (including phenoxy) is 1. The van der Waals surface area contributed by atoms with E-state index in [1.54, 1.807) is 28.4 Å². The molecule has 0 radical (unpaired) electrons. The summed E-state index contributed by atoms with van der Waals surface area (Å²) in [6, 6.07) is 32.1. The molecular formula is C83H107ClF3N11O10S4. The summed E-state index contributed by atoms with van der Waals surface area (Å²) in [4.78, 5) is 83.9. The Bertz CT molecular complexity index is 4480. The van der Waals surface area contributed by atoms with Crippen LogP contribution in [0.2, 0.25) is 5.02 Å². The zero-order valence-corrected chi connectivity index (χ0v) is 68.9. The highest BCUT2D eigenvalue weighted by Crippen LogP contribution is 2.45. The number of nitrogens with one attached hydrogen (secondary N) is 5. The Morgan fingerprint density at radius 2 is 1.44 bits per heavy atom. The minimum atomic E-state index is -6.11. The summed E-state index contributed by atoms with van der Waals surface area (Å²) in [7, 11) is -11.0. The van der Waals surface area contributed by atoms with Gasteiger partial charge in [0.25, 0.3) is 25.8 Å². The van der Waals surface area contributed by atoms with Gasteiger partial charge in [0, 0.05) is 124 Å². The topological polar surface area (TPSA) is 252 Å². The Morgan fingerprint density at radius 1 is 0.759 bits per heavy atom. The molecule has 5 N–H and O–H groups in total. The second-order valence-corrected chi connectivity index (χ2v) is 37.8. The number of anilines is 2. The van der Waals surface area contributed by atoms with E-state index in [4.69, 9.17) is 16.3 Å². The van der Waals surface area contributed by atoms with E-state index in [2.05, 4.69) is 64.9 Å². The molecule has 21 nitrogen and oxygen atoms in total. The first-order valence-electron chi connectivity index (χ1n) is 39.1. The van der Waals surface area contributed by atoms with Crippen molar-refractivity contribution in [1.82, 2.24) is 45.3 Å². The summed E-state index contributed by atoms with van der Waals surface area (Å²) in [5.74, 6) is -1.35. The van der Waals surface area contributed by atoms with Gasteiger partial charge in [0.05, 0.1) is 45.9 Å². The third kappa shape index (κ3) is 23.0. The molecule has 5 amide bonds. The van der Waals surface area contributed by atoms with Crippen molar-refractivity contribution in [2.75, 3.05) is 108 Å². The van der Waals surface area contributed by atoms with Crippen LogP contribution in [0.3, 0.4) is 0 Å². The zero-order valence-electron chi connectivity index (χ0n) is 64.9. The maximum atomic E-state index is 14.4. The standard InChI is InChI=1S/C83H107ClF3N11O10S4/c1-57(59-22-24-61(25-23-59)76-58(2)88-56-110-76)89-79(102)72-19-15-40-98(72)80(103)77(81(3,4)5)92-75(100)21-13-8-7-12-20-74(99)91-65-16-14-39-96(53-65)55-82(6)38-36-70(60-26-30-64(84)31-27-60)63(51-82)52-95-42-44-97(45-43-95)67-32-28-62(29-33-67)78(101)93-112(106,107)69-34-35-71(73(50-69)111(104,105)83(85,86)87)90-66(37-41-94-46-48-108-49-47-94)54-109-68-17-10-9-11-18-68/h9-11,17-18,22-35,50,56-57,65-66,72,77,90H,7-8,12-16,19-21,36-49,51-55H2,1-6H3,(H,89,102)(H,91,99)(H,92,100)(H,93,101)/t57-,65+,66+,72-,77?,82?/m0/s1. The fourth-order valence-electron chi connectivity index (χ4n) is 15.9. The lowest BCUT2D eigenvalue weighted by Crippen LogP contribution is -2.57. The van der Waals surface area contributed by atoms with Gasteiger partial charge in [0.2, 0.25) is 23.6 Å². The van der Waals surface area contributed by atoms with E-state index < -0.39 is 70.3 Å². The van der Waals surface area contributed by atoms with E-state index >= 15 is 0 Å². The highest BCUT2D eigenvalue weighted by molar-refractivity contribution is 7.99. The van der Waals surface area contributed by atoms with Crippen LogP contribution in [0, 0.1) is 17.8 Å². The van der Waals surface area contributed by atoms with Gasteiger partial charge >= 0.3 is 5.51 Å². The van der Waals surface area contributed by atoms with Crippen LogP contribution in [-0.4, -0.2) is 198 Å². The predicted octanol–water partition coefficient (Wildman–Crippen LogP) is 13.6. The smallest absolute Gasteiger partial charge is 0.380 e. The van der Waals surface area contributed by atoms with Crippen LogP contribution in [0.5, 0.6) is 0 Å². The average Bonchev–Trinajstić information content (AvgIpc) is 0.854. The van der Waals surface area contributed by atoms with Crippen LogP contribution in [0.1, 0.15) is 158 Å². The number of allylic oxidation sites excluding steroid dienone is 1. The number of piperidine rings is 1. The van der Waals surface area contributed by atoms with E-state index in [0.29, 0.717) is 108 Å². The number of aryl methyl sites for hydroxylation is 1. The molecule has 0 bridgehead atoms. The number of halogens is 4. The molecule has 5 aromatic carbocycles. The van der Waals surface area contributed by atoms with Crippen molar-refractivity contribution < 1.29 is 58.7 Å². The first-order chi connectivity index (χ1) is 53.4. The van der Waals surface area contributed by atoms with Crippen LogP contribution < -0.4 is 30.9 Å². The first-order valence-corrected chi connectivity index (χ1v) is 44.3. The number of rotatable bonds is 32. The molecule has 29 heteroatoms. The Kier molecular flexibility index (Phi) is 29.3. The van der Waals surface area contributed by atoms with Crippen molar-refractivity contribution in [3.8, 4) is 10.4 Å². The van der Waals surface area contributed by atoms with Gasteiger partial charge < -0.3 is 40.7 Å². The summed E-state index contributed by atoms with van der Waals surface area (Å²) >= 11 is 9.44. The second-order valence-electron chi connectivity index (χ2n) is 31.9. The molecule has 1 aromatic heterocycles. The van der Waals surface area contributed by atoms with Crippen LogP contribution in [0.15, 0.2) is 147 Å². The molecule has 606 valence electrons. The number of hydrogen-bond donors (Lipinski definition) is 5. The van der Waals surface area contributed by atoms with Crippen LogP contribution in [-0.2, 0) is 43.8 Å². The number of carbonyl (C=O) groups excluding carboxylic acids is 5. The van der Waals surface area contributed by atoms with Gasteiger partial charge in [-0.15, -0.1) is 23.1 Å². The van der Waals surface area contributed by atoms with Gasteiger partial charge in [-0.05, 0) is 184 Å². The second kappa shape index (κ2) is 38.4. The maximum Gasteiger partial charge on any atom is 0.501 e. The largest absolute Gasteiger partial charge is 0.501 e. The number of sulfonamides is 1. The highest BCUT2D eigenvalue weighted by Gasteiger charge is 2.49. The molecule has 0 spiro atoms. The normalized spacial score (nSPS) is 20.1. The number of aromatic nitrogens is 1. The number of hydrogen-bond acceptors (Lipinski definition) is 18. The van der Waals surface area contributed by atoms with Crippen molar-refractivity contribution in [3.63, 3.8) is 0 Å². The number of carbonyl (C=O) groups is 5. The van der Waals surface area contributed by atoms with Gasteiger partial charge in [-0.2, -0.15) is 13.2 Å². The Labute approximate surface area is 671 Å². The number of unbranched alkanes of at least 4 members (excludes halogenated alkanes) is 3. The lowest BCUT2D eigenvalue weighted by molar-refractivity contribution is -0.144. The third-order valence-corrected chi connectivity index (χ3v) is 27.4. The van der Waals surface area contributed by atoms with E-state index in [1.165, 1.54) is 35.0 Å². The Morgan fingerprint density at radius 3 is 2.11 bits per heavy atom. The van der Waals surface area contributed by atoms with E-state index in [0.717, 1.165) is 134 Å². The molecule has 4 saturated heterocycles. The van der Waals surface area contributed by atoms with Crippen LogP contribution >= 0.6 is 34.7 Å². The predicted molar refractivity (Wildman–Crippen MR) is 436 cm³/mol. The van der Waals surface area contributed by atoms with Gasteiger partial charge in [-0.25, -0.2) is 26.5 Å². The molecule has 0 saturated carbocycles. The first kappa shape index (κ1) is 85.5. The minimum absolute atomic E-state index is 0.0312. The van der Waals surface area contributed by atoms with Gasteiger partial charge in [-0.3, -0.25) is 33.8 Å². The number of piperazine rings is 1. The number of nitrogens with zero attached hydrogens (tertiary/aromatic N) is 6. The maximum absolute atomic E-state index is 14.4. The molecule has 1 aliphatic carbocycles. The summed E-state index contributed by atoms with van der Waals surface area (Å²) in [6.07, 6.45) is 9.79. The Balaban J connectivity index is 0.624. The quantitative estimate of drug-likeness (QED) is 0.0194. The molecule has 11 rings (SSSR count). The zero-order chi connectivity index (χ0) is 80.0. The number of likely N-dealkylation sites (tertiary alicyclic amines) is 2. The number of alkyl halides is 3. The molecule has 2 unspecified atom stereocenters. The fraction of sp³-hybridized carbons (Fsp3) is 0.518. The van der Waals surface area contributed by atoms with E-state index in [9.17, 15) is 54.0 Å². The number of morpholine rings is 1. The van der Waals surface area contributed by atoms with E-state index in [-0.39, 0.29) is 53.1 Å². The molecule has 5 heterocycles. The van der Waals surface area contributed by atoms with Crippen molar-refractivity contribution in [2.45, 2.75) is 182 Å². The minimum Gasteiger partial charge on any atom is -0.380 e. The molecule has 4 fully saturated rings. The summed E-state index contributed by atoms with van der Waals surface area (Å²) in [5, 5.41) is 13.2. The molecule has 112 heavy (non-hydrogen) atoms. The van der Waals surface area contributed by atoms with Crippen LogP contribution in [0.25, 0.3) is 16.0 Å². The van der Waals surface area contributed by atoms with Crippen molar-refractivity contribution in [2.24, 2.45) is 10.8 Å². The van der Waals surface area contributed by atoms with Crippen molar-refractivity contribution >= 4 is 101 Å². The number of thiazole rings is 1. The number of thioether (sulfide) groups is 1. The third-order valence-electron chi connectivity index (χ3n) is 22.1. The lowest BCUT2D eigenvalue weighted by atomic mass is 9.71. The SMILES string of the molecule is Cc1ncsc1-c1ccc([C@H](C)NC(=O)[C@@H]2CCCN2C(=O)C(NC(=O)CCCCCCC(=O)N[C@@H]2CCCN(CC3(C)CCC(c4ccc(Cl)cc4)=C(CN4CCN(c5ccc(C(=O)NS(=O)(=O)c6ccc(N[C@H](CCN7CCOCC7)CSc7ccccc7)c(S(=O)(=O)C(F)(F)F)c6)cc5)CC4)C3)C2)C(C)(C)C)cc1. The number of benzene rings is 5. The highest BCUT2D eigenvalue weighted by atomic mass is 35.5. The summed E-state index contributed by atoms with van der Waals surface area (Å²) < 4.78 is 105.